The van der Waals surface area contributed by atoms with Crippen LogP contribution in [0.3, 0.4) is 0 Å². The SMILES string of the molecule is CC[C@H](O)c1ccc(-n2nnc(-c3ccccc3)n2)cn1. The third-order valence-electron chi connectivity index (χ3n) is 3.18. The average molecular weight is 281 g/mol. The molecule has 21 heavy (non-hydrogen) atoms. The molecule has 0 aliphatic rings. The van der Waals surface area contributed by atoms with Crippen LogP contribution < -0.4 is 0 Å². The van der Waals surface area contributed by atoms with Crippen LogP contribution in [0.5, 0.6) is 0 Å². The number of pyridine rings is 1. The van der Waals surface area contributed by atoms with E-state index in [1.165, 1.54) is 4.80 Å². The lowest BCUT2D eigenvalue weighted by molar-refractivity contribution is 0.169. The van der Waals surface area contributed by atoms with Crippen molar-refractivity contribution in [3.63, 3.8) is 0 Å². The molecule has 106 valence electrons. The van der Waals surface area contributed by atoms with Gasteiger partial charge in [0, 0.05) is 5.56 Å². The van der Waals surface area contributed by atoms with Crippen molar-refractivity contribution in [3.05, 3.63) is 54.4 Å². The number of aliphatic hydroxyl groups is 1. The van der Waals surface area contributed by atoms with Gasteiger partial charge in [0.25, 0.3) is 0 Å². The van der Waals surface area contributed by atoms with Gasteiger partial charge in [-0.1, -0.05) is 37.3 Å². The molecule has 0 unspecified atom stereocenters. The van der Waals surface area contributed by atoms with E-state index < -0.39 is 6.10 Å². The molecule has 1 aromatic carbocycles. The molecule has 0 amide bonds. The molecule has 0 bridgehead atoms. The van der Waals surface area contributed by atoms with Crippen molar-refractivity contribution in [1.82, 2.24) is 25.2 Å². The van der Waals surface area contributed by atoms with Crippen molar-refractivity contribution in [2.45, 2.75) is 19.4 Å². The number of tetrazole rings is 1. The lowest BCUT2D eigenvalue weighted by Crippen LogP contribution is -2.03. The van der Waals surface area contributed by atoms with Crippen molar-refractivity contribution in [3.8, 4) is 17.1 Å². The molecule has 6 heteroatoms. The predicted octanol–water partition coefficient (Wildman–Crippen LogP) is 2.17. The molecule has 0 radical (unpaired) electrons. The van der Waals surface area contributed by atoms with Gasteiger partial charge in [0.15, 0.2) is 0 Å². The van der Waals surface area contributed by atoms with E-state index >= 15 is 0 Å². The number of hydrogen-bond donors (Lipinski definition) is 1. The minimum atomic E-state index is -0.539. The van der Waals surface area contributed by atoms with Gasteiger partial charge in [0.05, 0.1) is 18.0 Å². The second-order valence-electron chi connectivity index (χ2n) is 4.63. The highest BCUT2D eigenvalue weighted by Gasteiger charge is 2.09. The molecular weight excluding hydrogens is 266 g/mol. The zero-order chi connectivity index (χ0) is 14.7. The summed E-state index contributed by atoms with van der Waals surface area (Å²) in [4.78, 5) is 5.66. The zero-order valence-corrected chi connectivity index (χ0v) is 11.6. The van der Waals surface area contributed by atoms with E-state index in [0.717, 1.165) is 5.56 Å². The molecule has 0 spiro atoms. The molecule has 0 fully saturated rings. The largest absolute Gasteiger partial charge is 0.387 e. The van der Waals surface area contributed by atoms with Crippen LogP contribution in [0.1, 0.15) is 25.1 Å². The second kappa shape index (κ2) is 5.80. The van der Waals surface area contributed by atoms with Gasteiger partial charge in [-0.05, 0) is 23.8 Å². The molecule has 0 aliphatic carbocycles. The Balaban J connectivity index is 1.86. The van der Waals surface area contributed by atoms with Crippen LogP contribution in [0.2, 0.25) is 0 Å². The Hall–Kier alpha value is -2.60. The summed E-state index contributed by atoms with van der Waals surface area (Å²) < 4.78 is 0. The summed E-state index contributed by atoms with van der Waals surface area (Å²) >= 11 is 0. The van der Waals surface area contributed by atoms with E-state index in [9.17, 15) is 5.11 Å². The Morgan fingerprint density at radius 1 is 1.14 bits per heavy atom. The molecule has 0 aliphatic heterocycles. The molecule has 1 N–H and O–H groups in total. The first-order valence-corrected chi connectivity index (χ1v) is 6.77. The fourth-order valence-electron chi connectivity index (χ4n) is 1.95. The summed E-state index contributed by atoms with van der Waals surface area (Å²) in [5.74, 6) is 0.563. The highest BCUT2D eigenvalue weighted by Crippen LogP contribution is 2.16. The normalized spacial score (nSPS) is 12.3. The van der Waals surface area contributed by atoms with E-state index in [4.69, 9.17) is 0 Å². The number of hydrogen-bond acceptors (Lipinski definition) is 5. The predicted molar refractivity (Wildman–Crippen MR) is 77.6 cm³/mol. The Labute approximate surface area is 122 Å². The summed E-state index contributed by atoms with van der Waals surface area (Å²) in [6, 6.07) is 13.2. The highest BCUT2D eigenvalue weighted by atomic mass is 16.3. The van der Waals surface area contributed by atoms with Gasteiger partial charge in [-0.3, -0.25) is 4.98 Å². The third-order valence-corrected chi connectivity index (χ3v) is 3.18. The Morgan fingerprint density at radius 3 is 2.62 bits per heavy atom. The van der Waals surface area contributed by atoms with Crippen LogP contribution in [0.4, 0.5) is 0 Å². The van der Waals surface area contributed by atoms with Crippen molar-refractivity contribution in [1.29, 1.82) is 0 Å². The number of nitrogens with zero attached hydrogens (tertiary/aromatic N) is 5. The summed E-state index contributed by atoms with van der Waals surface area (Å²) in [6.07, 6.45) is 1.72. The van der Waals surface area contributed by atoms with E-state index in [2.05, 4.69) is 20.4 Å². The van der Waals surface area contributed by atoms with Crippen LogP contribution >= 0.6 is 0 Å². The number of rotatable bonds is 4. The first-order chi connectivity index (χ1) is 10.3. The smallest absolute Gasteiger partial charge is 0.205 e. The Bertz CT molecular complexity index is 708. The molecular formula is C15H15N5O. The van der Waals surface area contributed by atoms with Crippen molar-refractivity contribution in [2.24, 2.45) is 0 Å². The molecule has 2 aromatic heterocycles. The first kappa shape index (κ1) is 13.4. The van der Waals surface area contributed by atoms with Crippen molar-refractivity contribution >= 4 is 0 Å². The van der Waals surface area contributed by atoms with E-state index in [-0.39, 0.29) is 0 Å². The standard InChI is InChI=1S/C15H15N5O/c1-2-14(21)13-9-8-12(10-16-13)20-18-15(17-19-20)11-6-4-3-5-7-11/h3-10,14,21H,2H2,1H3/t14-/m0/s1. The van der Waals surface area contributed by atoms with Gasteiger partial charge < -0.3 is 5.11 Å². The third kappa shape index (κ3) is 2.80. The maximum atomic E-state index is 9.73. The van der Waals surface area contributed by atoms with E-state index in [1.807, 2.05) is 43.3 Å². The summed E-state index contributed by atoms with van der Waals surface area (Å²) in [5, 5.41) is 22.1. The summed E-state index contributed by atoms with van der Waals surface area (Å²) in [6.45, 7) is 1.91. The number of aliphatic hydroxyl groups excluding tert-OH is 1. The summed E-state index contributed by atoms with van der Waals surface area (Å²) in [7, 11) is 0. The van der Waals surface area contributed by atoms with Crippen LogP contribution in [0.25, 0.3) is 17.1 Å². The molecule has 3 rings (SSSR count). The minimum absolute atomic E-state index is 0.539. The van der Waals surface area contributed by atoms with Crippen LogP contribution in [-0.2, 0) is 0 Å². The Kier molecular flexibility index (Phi) is 3.70. The van der Waals surface area contributed by atoms with Crippen molar-refractivity contribution in [2.75, 3.05) is 0 Å². The molecule has 6 nitrogen and oxygen atoms in total. The quantitative estimate of drug-likeness (QED) is 0.793. The number of aromatic nitrogens is 5. The van der Waals surface area contributed by atoms with Gasteiger partial charge in [-0.2, -0.15) is 0 Å². The topological polar surface area (TPSA) is 76.7 Å². The van der Waals surface area contributed by atoms with Crippen LogP contribution in [-0.4, -0.2) is 30.3 Å². The maximum Gasteiger partial charge on any atom is 0.205 e. The summed E-state index contributed by atoms with van der Waals surface area (Å²) in [5.41, 5.74) is 2.26. The lowest BCUT2D eigenvalue weighted by atomic mass is 10.2. The van der Waals surface area contributed by atoms with Gasteiger partial charge in [-0.15, -0.1) is 15.0 Å². The highest BCUT2D eigenvalue weighted by molar-refractivity contribution is 5.53. The van der Waals surface area contributed by atoms with Gasteiger partial charge in [0.2, 0.25) is 5.82 Å². The van der Waals surface area contributed by atoms with Gasteiger partial charge in [0.1, 0.15) is 5.69 Å². The average Bonchev–Trinajstić information content (AvgIpc) is 3.05. The van der Waals surface area contributed by atoms with Crippen LogP contribution in [0, 0.1) is 0 Å². The molecule has 0 saturated carbocycles. The monoisotopic (exact) mass is 281 g/mol. The fraction of sp³-hybridized carbons (Fsp3) is 0.200. The van der Waals surface area contributed by atoms with Crippen LogP contribution in [0.15, 0.2) is 48.7 Å². The van der Waals surface area contributed by atoms with E-state index in [1.54, 1.807) is 12.3 Å². The molecule has 3 aromatic rings. The zero-order valence-electron chi connectivity index (χ0n) is 11.6. The molecule has 0 saturated heterocycles. The number of benzene rings is 1. The lowest BCUT2D eigenvalue weighted by Gasteiger charge is -2.06. The first-order valence-electron chi connectivity index (χ1n) is 6.77. The van der Waals surface area contributed by atoms with Gasteiger partial charge in [-0.25, -0.2) is 0 Å². The molecule has 1 atom stereocenters. The van der Waals surface area contributed by atoms with E-state index in [0.29, 0.717) is 23.6 Å². The second-order valence-corrected chi connectivity index (χ2v) is 4.63. The Morgan fingerprint density at radius 2 is 1.95 bits per heavy atom. The maximum absolute atomic E-state index is 9.73. The fourth-order valence-corrected chi connectivity index (χ4v) is 1.95. The minimum Gasteiger partial charge on any atom is -0.387 e. The van der Waals surface area contributed by atoms with Crippen molar-refractivity contribution < 1.29 is 5.11 Å². The molecule has 2 heterocycles. The van der Waals surface area contributed by atoms with Gasteiger partial charge >= 0.3 is 0 Å².